The third-order valence-electron chi connectivity index (χ3n) is 6.19. The predicted octanol–water partition coefficient (Wildman–Crippen LogP) is 1.95. The molecular formula is C23H21N3O5. The molecule has 0 bridgehead atoms. The zero-order chi connectivity index (χ0) is 21.6. The first kappa shape index (κ1) is 19.3. The normalized spacial score (nSPS) is 25.0. The van der Waals surface area contributed by atoms with Gasteiger partial charge in [-0.05, 0) is 42.2 Å². The van der Waals surface area contributed by atoms with Gasteiger partial charge in [0.05, 0.1) is 12.1 Å². The Balaban J connectivity index is 1.39. The van der Waals surface area contributed by atoms with E-state index in [0.29, 0.717) is 36.9 Å². The molecule has 2 aromatic rings. The number of fused-ring (bicyclic) bond motifs is 1. The van der Waals surface area contributed by atoms with Crippen LogP contribution in [0, 0.1) is 0 Å². The second-order valence-electron chi connectivity index (χ2n) is 8.20. The summed E-state index contributed by atoms with van der Waals surface area (Å²) in [5.41, 5.74) is 1.50. The van der Waals surface area contributed by atoms with E-state index in [1.54, 1.807) is 23.1 Å². The molecule has 2 fully saturated rings. The first-order valence-corrected chi connectivity index (χ1v) is 10.3. The van der Waals surface area contributed by atoms with E-state index in [-0.39, 0.29) is 12.5 Å². The molecule has 0 saturated carbocycles. The summed E-state index contributed by atoms with van der Waals surface area (Å²) in [4.78, 5) is 51.2. The van der Waals surface area contributed by atoms with E-state index in [9.17, 15) is 19.2 Å². The van der Waals surface area contributed by atoms with Crippen LogP contribution in [0.1, 0.15) is 50.8 Å². The van der Waals surface area contributed by atoms with Gasteiger partial charge in [0.25, 0.3) is 11.8 Å². The number of carbonyl (C=O) groups is 4. The highest BCUT2D eigenvalue weighted by atomic mass is 16.5. The lowest BCUT2D eigenvalue weighted by Gasteiger charge is -2.38. The maximum absolute atomic E-state index is 13.2. The Morgan fingerprint density at radius 1 is 1.10 bits per heavy atom. The van der Waals surface area contributed by atoms with Gasteiger partial charge in [0.2, 0.25) is 0 Å². The summed E-state index contributed by atoms with van der Waals surface area (Å²) in [6, 6.07) is 13.9. The zero-order valence-electron chi connectivity index (χ0n) is 16.7. The van der Waals surface area contributed by atoms with Gasteiger partial charge in [-0.25, -0.2) is 9.59 Å². The first-order chi connectivity index (χ1) is 14.9. The molecule has 0 radical (unpaired) electrons. The highest BCUT2D eigenvalue weighted by Gasteiger charge is 2.49. The van der Waals surface area contributed by atoms with Gasteiger partial charge in [0, 0.05) is 18.5 Å². The van der Waals surface area contributed by atoms with Crippen LogP contribution < -0.4 is 10.6 Å². The molecule has 1 spiro atoms. The second kappa shape index (κ2) is 7.23. The van der Waals surface area contributed by atoms with Crippen molar-refractivity contribution in [2.24, 2.45) is 0 Å². The van der Waals surface area contributed by atoms with E-state index in [4.69, 9.17) is 4.74 Å². The van der Waals surface area contributed by atoms with Crippen LogP contribution in [0.2, 0.25) is 0 Å². The lowest BCUT2D eigenvalue weighted by atomic mass is 9.88. The fourth-order valence-corrected chi connectivity index (χ4v) is 4.61. The molecule has 2 saturated heterocycles. The summed E-state index contributed by atoms with van der Waals surface area (Å²) in [5.74, 6) is -1.03. The fourth-order valence-electron chi connectivity index (χ4n) is 4.61. The highest BCUT2D eigenvalue weighted by molar-refractivity contribution is 6.08. The SMILES string of the molecule is O=C1NC(=O)C2(CCCN(C(=O)c3ccc4c(c3)CC(c3ccccc3)OC4=O)C2)N1. The molecule has 8 heteroatoms. The smallest absolute Gasteiger partial charge is 0.339 e. The van der Waals surface area contributed by atoms with Crippen LogP contribution in [0.4, 0.5) is 4.79 Å². The average Bonchev–Trinajstić information content (AvgIpc) is 3.05. The first-order valence-electron chi connectivity index (χ1n) is 10.3. The van der Waals surface area contributed by atoms with Crippen molar-refractivity contribution in [1.29, 1.82) is 0 Å². The third-order valence-corrected chi connectivity index (χ3v) is 6.19. The van der Waals surface area contributed by atoms with Crippen LogP contribution in [-0.4, -0.2) is 47.3 Å². The van der Waals surface area contributed by atoms with Crippen molar-refractivity contribution < 1.29 is 23.9 Å². The van der Waals surface area contributed by atoms with Gasteiger partial charge < -0.3 is 15.0 Å². The predicted molar refractivity (Wildman–Crippen MR) is 109 cm³/mol. The number of nitrogens with zero attached hydrogens (tertiary/aromatic N) is 1. The Morgan fingerprint density at radius 3 is 2.65 bits per heavy atom. The number of esters is 1. The van der Waals surface area contributed by atoms with Crippen molar-refractivity contribution in [2.75, 3.05) is 13.1 Å². The number of imide groups is 1. The maximum Gasteiger partial charge on any atom is 0.339 e. The molecule has 158 valence electrons. The van der Waals surface area contributed by atoms with E-state index in [1.807, 2.05) is 30.3 Å². The van der Waals surface area contributed by atoms with Crippen molar-refractivity contribution in [3.63, 3.8) is 0 Å². The quantitative estimate of drug-likeness (QED) is 0.572. The molecule has 2 unspecified atom stereocenters. The number of nitrogens with one attached hydrogen (secondary N) is 2. The van der Waals surface area contributed by atoms with Gasteiger partial charge in [0.1, 0.15) is 11.6 Å². The molecule has 3 heterocycles. The van der Waals surface area contributed by atoms with Gasteiger partial charge in [-0.3, -0.25) is 14.9 Å². The summed E-state index contributed by atoms with van der Waals surface area (Å²) in [6.45, 7) is 0.616. The van der Waals surface area contributed by atoms with Crippen molar-refractivity contribution >= 4 is 23.8 Å². The molecule has 4 amide bonds. The standard InChI is InChI=1S/C23H21N3O5/c27-19(26-10-4-9-23(13-26)21(29)24-22(30)25-23)15-7-8-17-16(11-15)12-18(31-20(17)28)14-5-2-1-3-6-14/h1-3,5-8,11,18H,4,9-10,12-13H2,(H2,24,25,29,30). The molecule has 8 nitrogen and oxygen atoms in total. The molecule has 3 aliphatic rings. The average molecular weight is 419 g/mol. The van der Waals surface area contributed by atoms with Crippen LogP contribution in [0.3, 0.4) is 0 Å². The minimum absolute atomic E-state index is 0.120. The summed E-state index contributed by atoms with van der Waals surface area (Å²) in [7, 11) is 0. The molecule has 3 aliphatic heterocycles. The summed E-state index contributed by atoms with van der Waals surface area (Å²) < 4.78 is 5.58. The number of hydrogen-bond donors (Lipinski definition) is 2. The summed E-state index contributed by atoms with van der Waals surface area (Å²) in [5, 5.41) is 4.94. The van der Waals surface area contributed by atoms with E-state index in [1.165, 1.54) is 0 Å². The molecule has 5 rings (SSSR count). The fraction of sp³-hybridized carbons (Fsp3) is 0.304. The summed E-state index contributed by atoms with van der Waals surface area (Å²) in [6.07, 6.45) is 1.17. The molecule has 0 aliphatic carbocycles. The van der Waals surface area contributed by atoms with Crippen LogP contribution in [0.25, 0.3) is 0 Å². The van der Waals surface area contributed by atoms with Crippen LogP contribution >= 0.6 is 0 Å². The van der Waals surface area contributed by atoms with Crippen molar-refractivity contribution in [1.82, 2.24) is 15.5 Å². The van der Waals surface area contributed by atoms with E-state index >= 15 is 0 Å². The highest BCUT2D eigenvalue weighted by Crippen LogP contribution is 2.32. The second-order valence-corrected chi connectivity index (χ2v) is 8.20. The number of urea groups is 1. The third kappa shape index (κ3) is 3.34. The largest absolute Gasteiger partial charge is 0.454 e. The van der Waals surface area contributed by atoms with E-state index in [0.717, 1.165) is 11.1 Å². The lowest BCUT2D eigenvalue weighted by molar-refractivity contribution is -0.125. The van der Waals surface area contributed by atoms with Crippen molar-refractivity contribution in [2.45, 2.75) is 30.9 Å². The van der Waals surface area contributed by atoms with Gasteiger partial charge in [-0.1, -0.05) is 30.3 Å². The number of cyclic esters (lactones) is 1. The Labute approximate surface area is 178 Å². The zero-order valence-corrected chi connectivity index (χ0v) is 16.7. The van der Waals surface area contributed by atoms with Gasteiger partial charge >= 0.3 is 12.0 Å². The number of likely N-dealkylation sites (tertiary alicyclic amines) is 1. The molecule has 31 heavy (non-hydrogen) atoms. The number of ether oxygens (including phenoxy) is 1. The van der Waals surface area contributed by atoms with Crippen molar-refractivity contribution in [3.05, 3.63) is 70.8 Å². The Bertz CT molecular complexity index is 1100. The van der Waals surface area contributed by atoms with Crippen LogP contribution in [0.15, 0.2) is 48.5 Å². The van der Waals surface area contributed by atoms with Gasteiger partial charge in [-0.2, -0.15) is 0 Å². The molecule has 2 N–H and O–H groups in total. The van der Waals surface area contributed by atoms with Crippen LogP contribution in [-0.2, 0) is 16.0 Å². The Hall–Kier alpha value is -3.68. The number of hydrogen-bond acceptors (Lipinski definition) is 5. The molecule has 2 atom stereocenters. The lowest BCUT2D eigenvalue weighted by Crippen LogP contribution is -2.59. The molecular weight excluding hydrogens is 398 g/mol. The minimum atomic E-state index is -1.07. The van der Waals surface area contributed by atoms with Crippen molar-refractivity contribution in [3.8, 4) is 0 Å². The van der Waals surface area contributed by atoms with E-state index < -0.39 is 29.6 Å². The van der Waals surface area contributed by atoms with E-state index in [2.05, 4.69) is 10.6 Å². The van der Waals surface area contributed by atoms with Crippen LogP contribution in [0.5, 0.6) is 0 Å². The topological polar surface area (TPSA) is 105 Å². The Kier molecular flexibility index (Phi) is 4.50. The molecule has 0 aromatic heterocycles. The number of amides is 4. The van der Waals surface area contributed by atoms with Gasteiger partial charge in [0.15, 0.2) is 0 Å². The number of carbonyl (C=O) groups excluding carboxylic acids is 4. The maximum atomic E-state index is 13.2. The Morgan fingerprint density at radius 2 is 1.90 bits per heavy atom. The van der Waals surface area contributed by atoms with Gasteiger partial charge in [-0.15, -0.1) is 0 Å². The summed E-state index contributed by atoms with van der Waals surface area (Å²) >= 11 is 0. The number of rotatable bonds is 2. The molecule has 2 aromatic carbocycles. The monoisotopic (exact) mass is 419 g/mol. The number of piperidine rings is 1. The number of benzene rings is 2. The minimum Gasteiger partial charge on any atom is -0.454 e.